The van der Waals surface area contributed by atoms with Crippen LogP contribution in [0.3, 0.4) is 0 Å². The van der Waals surface area contributed by atoms with Crippen molar-refractivity contribution in [2.24, 2.45) is 5.92 Å². The lowest BCUT2D eigenvalue weighted by molar-refractivity contribution is -0.121. The number of nitrogens with zero attached hydrogens (tertiary/aromatic N) is 2. The first-order chi connectivity index (χ1) is 15.3. The van der Waals surface area contributed by atoms with Crippen molar-refractivity contribution in [1.82, 2.24) is 9.88 Å². The minimum absolute atomic E-state index is 0.0160. The van der Waals surface area contributed by atoms with E-state index in [1.54, 1.807) is 18.3 Å². The third kappa shape index (κ3) is 5.10. The molecule has 3 aromatic rings. The molecule has 32 heavy (non-hydrogen) atoms. The van der Waals surface area contributed by atoms with Crippen LogP contribution in [0.5, 0.6) is 0 Å². The van der Waals surface area contributed by atoms with Crippen LogP contribution in [0.15, 0.2) is 50.2 Å². The van der Waals surface area contributed by atoms with Crippen LogP contribution in [0, 0.1) is 12.8 Å². The Morgan fingerprint density at radius 3 is 2.66 bits per heavy atom. The van der Waals surface area contributed by atoms with Crippen LogP contribution in [-0.2, 0) is 11.3 Å². The van der Waals surface area contributed by atoms with Crippen molar-refractivity contribution in [1.29, 1.82) is 0 Å². The van der Waals surface area contributed by atoms with E-state index in [0.717, 1.165) is 46.9 Å². The first-order valence-electron chi connectivity index (χ1n) is 11.0. The van der Waals surface area contributed by atoms with Gasteiger partial charge in [-0.15, -0.1) is 0 Å². The van der Waals surface area contributed by atoms with Crippen LogP contribution in [0.25, 0.3) is 11.0 Å². The molecule has 1 N–H and O–H groups in total. The fourth-order valence-electron chi connectivity index (χ4n) is 4.42. The van der Waals surface area contributed by atoms with Crippen LogP contribution in [-0.4, -0.2) is 28.9 Å². The molecule has 6 nitrogen and oxygen atoms in total. The van der Waals surface area contributed by atoms with Crippen LogP contribution < -0.4 is 10.9 Å². The molecular formula is C25H28BrN3O3. The van der Waals surface area contributed by atoms with Gasteiger partial charge in [-0.3, -0.25) is 9.69 Å². The van der Waals surface area contributed by atoms with Crippen molar-refractivity contribution in [2.75, 3.05) is 18.4 Å². The van der Waals surface area contributed by atoms with Gasteiger partial charge < -0.3 is 9.73 Å². The standard InChI is InChI=1S/C25H28BrN3O3/c1-15(2)20-12-21-18(11-24(30)32-22(21)10-16(20)3)14-29-8-6-17(7-9-29)25(31)28-23-5-4-19(26)13-27-23/h4-5,10-13,15,17H,6-9,14H2,1-3H3,(H,27,28,31). The highest BCUT2D eigenvalue weighted by atomic mass is 79.9. The topological polar surface area (TPSA) is 75.4 Å². The van der Waals surface area contributed by atoms with Gasteiger partial charge in [0.25, 0.3) is 0 Å². The monoisotopic (exact) mass is 497 g/mol. The number of aromatic nitrogens is 1. The molecule has 1 saturated heterocycles. The van der Waals surface area contributed by atoms with E-state index in [9.17, 15) is 9.59 Å². The molecule has 4 rings (SSSR count). The quantitative estimate of drug-likeness (QED) is 0.488. The van der Waals surface area contributed by atoms with Gasteiger partial charge in [-0.1, -0.05) is 13.8 Å². The predicted molar refractivity (Wildman–Crippen MR) is 130 cm³/mol. The first kappa shape index (κ1) is 22.7. The van der Waals surface area contributed by atoms with Gasteiger partial charge in [0.15, 0.2) is 0 Å². The van der Waals surface area contributed by atoms with Crippen molar-refractivity contribution in [3.63, 3.8) is 0 Å². The third-order valence-electron chi connectivity index (χ3n) is 6.17. The number of aryl methyl sites for hydroxylation is 1. The summed E-state index contributed by atoms with van der Waals surface area (Å²) in [7, 11) is 0. The number of nitrogens with one attached hydrogen (secondary N) is 1. The summed E-state index contributed by atoms with van der Waals surface area (Å²) in [6.45, 7) is 8.68. The van der Waals surface area contributed by atoms with E-state index in [0.29, 0.717) is 23.9 Å². The number of amides is 1. The maximum Gasteiger partial charge on any atom is 0.336 e. The van der Waals surface area contributed by atoms with E-state index >= 15 is 0 Å². The van der Waals surface area contributed by atoms with Gasteiger partial charge in [0.2, 0.25) is 5.91 Å². The SMILES string of the molecule is Cc1cc2oc(=O)cc(CN3CCC(C(=O)Nc4ccc(Br)cn4)CC3)c2cc1C(C)C. The number of halogens is 1. The average molecular weight is 498 g/mol. The Bertz CT molecular complexity index is 1180. The minimum atomic E-state index is -0.319. The third-order valence-corrected chi connectivity index (χ3v) is 6.64. The summed E-state index contributed by atoms with van der Waals surface area (Å²) in [5.74, 6) is 0.944. The smallest absolute Gasteiger partial charge is 0.336 e. The molecule has 0 atom stereocenters. The Balaban J connectivity index is 1.44. The lowest BCUT2D eigenvalue weighted by atomic mass is 9.93. The molecule has 0 spiro atoms. The number of carbonyl (C=O) groups excluding carboxylic acids is 1. The molecule has 0 radical (unpaired) electrons. The van der Waals surface area contributed by atoms with E-state index in [4.69, 9.17) is 4.42 Å². The second-order valence-corrected chi connectivity index (χ2v) is 9.77. The van der Waals surface area contributed by atoms with Crippen molar-refractivity contribution in [3.05, 3.63) is 68.1 Å². The lowest BCUT2D eigenvalue weighted by Crippen LogP contribution is -2.38. The largest absolute Gasteiger partial charge is 0.423 e. The van der Waals surface area contributed by atoms with Crippen LogP contribution >= 0.6 is 15.9 Å². The number of piperidine rings is 1. The molecule has 1 aliphatic heterocycles. The second-order valence-electron chi connectivity index (χ2n) is 8.85. The summed E-state index contributed by atoms with van der Waals surface area (Å²) in [6, 6.07) is 9.40. The van der Waals surface area contributed by atoms with E-state index in [-0.39, 0.29) is 17.5 Å². The molecule has 168 valence electrons. The zero-order valence-corrected chi connectivity index (χ0v) is 20.2. The molecule has 1 fully saturated rings. The van der Waals surface area contributed by atoms with Crippen LogP contribution in [0.4, 0.5) is 5.82 Å². The highest BCUT2D eigenvalue weighted by Gasteiger charge is 2.26. The van der Waals surface area contributed by atoms with Gasteiger partial charge in [-0.2, -0.15) is 0 Å². The van der Waals surface area contributed by atoms with Crippen molar-refractivity contribution in [2.45, 2.75) is 46.1 Å². The Kier molecular flexibility index (Phi) is 6.76. The summed E-state index contributed by atoms with van der Waals surface area (Å²) in [4.78, 5) is 31.3. The molecular weight excluding hydrogens is 470 g/mol. The van der Waals surface area contributed by atoms with Gasteiger partial charge in [-0.25, -0.2) is 9.78 Å². The Morgan fingerprint density at radius 1 is 1.25 bits per heavy atom. The van der Waals surface area contributed by atoms with Crippen LogP contribution in [0.2, 0.25) is 0 Å². The van der Waals surface area contributed by atoms with Gasteiger partial charge in [0, 0.05) is 34.6 Å². The highest BCUT2D eigenvalue weighted by molar-refractivity contribution is 9.10. The molecule has 1 amide bonds. The summed E-state index contributed by atoms with van der Waals surface area (Å²) in [5.41, 5.74) is 3.72. The lowest BCUT2D eigenvalue weighted by Gasteiger charge is -2.31. The normalized spacial score (nSPS) is 15.4. The first-order valence-corrected chi connectivity index (χ1v) is 11.8. The molecule has 7 heteroatoms. The number of likely N-dealkylation sites (tertiary alicyclic amines) is 1. The maximum atomic E-state index is 12.6. The van der Waals surface area contributed by atoms with Crippen molar-refractivity contribution < 1.29 is 9.21 Å². The Hall–Kier alpha value is -2.51. The van der Waals surface area contributed by atoms with Crippen molar-refractivity contribution in [3.8, 4) is 0 Å². The summed E-state index contributed by atoms with van der Waals surface area (Å²) in [5, 5.41) is 3.91. The number of anilines is 1. The van der Waals surface area contributed by atoms with Gasteiger partial charge in [0.05, 0.1) is 0 Å². The number of pyridine rings is 1. The van der Waals surface area contributed by atoms with Gasteiger partial charge >= 0.3 is 5.63 Å². The zero-order valence-electron chi connectivity index (χ0n) is 18.7. The molecule has 0 saturated carbocycles. The fraction of sp³-hybridized carbons (Fsp3) is 0.400. The van der Waals surface area contributed by atoms with Gasteiger partial charge in [-0.05, 0) is 95.7 Å². The predicted octanol–water partition coefficient (Wildman–Crippen LogP) is 5.23. The molecule has 1 aromatic carbocycles. The van der Waals surface area contributed by atoms with E-state index < -0.39 is 0 Å². The van der Waals surface area contributed by atoms with Gasteiger partial charge in [0.1, 0.15) is 11.4 Å². The number of hydrogen-bond donors (Lipinski definition) is 1. The van der Waals surface area contributed by atoms with E-state index in [1.165, 1.54) is 5.56 Å². The fourth-order valence-corrected chi connectivity index (χ4v) is 4.65. The maximum absolute atomic E-state index is 12.6. The summed E-state index contributed by atoms with van der Waals surface area (Å²) >= 11 is 3.35. The van der Waals surface area contributed by atoms with Crippen molar-refractivity contribution >= 4 is 38.6 Å². The number of carbonyl (C=O) groups is 1. The van der Waals surface area contributed by atoms with E-state index in [1.807, 2.05) is 12.1 Å². The van der Waals surface area contributed by atoms with E-state index in [2.05, 4.69) is 58.0 Å². The average Bonchev–Trinajstić information content (AvgIpc) is 2.75. The molecule has 2 aromatic heterocycles. The second kappa shape index (κ2) is 9.55. The molecule has 0 unspecified atom stereocenters. The summed E-state index contributed by atoms with van der Waals surface area (Å²) < 4.78 is 6.36. The molecule has 0 aliphatic carbocycles. The molecule has 0 bridgehead atoms. The number of hydrogen-bond acceptors (Lipinski definition) is 5. The number of fused-ring (bicyclic) bond motifs is 1. The number of rotatable bonds is 5. The highest BCUT2D eigenvalue weighted by Crippen LogP contribution is 2.28. The minimum Gasteiger partial charge on any atom is -0.423 e. The number of benzene rings is 1. The zero-order chi connectivity index (χ0) is 22.8. The Labute approximate surface area is 196 Å². The van der Waals surface area contributed by atoms with Crippen LogP contribution in [0.1, 0.15) is 49.3 Å². The summed E-state index contributed by atoms with van der Waals surface area (Å²) in [6.07, 6.45) is 3.22. The Morgan fingerprint density at radius 2 is 2.00 bits per heavy atom. The molecule has 3 heterocycles. The molecule has 1 aliphatic rings.